The van der Waals surface area contributed by atoms with Gasteiger partial charge in [-0.1, -0.05) is 13.0 Å². The quantitative estimate of drug-likeness (QED) is 0.729. The van der Waals surface area contributed by atoms with Crippen molar-refractivity contribution in [3.63, 3.8) is 0 Å². The van der Waals surface area contributed by atoms with E-state index in [1.54, 1.807) is 30.3 Å². The molecule has 0 amide bonds. The van der Waals surface area contributed by atoms with Crippen LogP contribution in [0.4, 0.5) is 0 Å². The van der Waals surface area contributed by atoms with Crippen LogP contribution in [0.2, 0.25) is 0 Å². The van der Waals surface area contributed by atoms with E-state index in [1.165, 1.54) is 6.26 Å². The molecule has 3 rings (SSSR count). The minimum Gasteiger partial charge on any atom is -0.493 e. The summed E-state index contributed by atoms with van der Waals surface area (Å²) < 4.78 is 29.0. The zero-order valence-corrected chi connectivity index (χ0v) is 18.4. The Kier molecular flexibility index (Phi) is 6.81. The first-order valence-corrected chi connectivity index (χ1v) is 11.9. The molecule has 0 radical (unpaired) electrons. The predicted octanol–water partition coefficient (Wildman–Crippen LogP) is 2.95. The highest BCUT2D eigenvalue weighted by atomic mass is 32.2. The minimum atomic E-state index is -3.21. The summed E-state index contributed by atoms with van der Waals surface area (Å²) >= 11 is 0. The van der Waals surface area contributed by atoms with Gasteiger partial charge in [-0.2, -0.15) is 5.26 Å². The number of hydrogen-bond donors (Lipinski definition) is 1. The van der Waals surface area contributed by atoms with Crippen molar-refractivity contribution in [2.75, 3.05) is 32.5 Å². The molecule has 3 atom stereocenters. The Morgan fingerprint density at radius 1 is 1.23 bits per heavy atom. The summed E-state index contributed by atoms with van der Waals surface area (Å²) in [4.78, 5) is 2.50. The molecule has 1 heterocycles. The summed E-state index contributed by atoms with van der Waals surface area (Å²) in [5.74, 6) is 1.38. The van der Waals surface area contributed by atoms with E-state index in [-0.39, 0.29) is 4.90 Å². The lowest BCUT2D eigenvalue weighted by Gasteiger charge is -2.21. The van der Waals surface area contributed by atoms with Gasteiger partial charge in [0, 0.05) is 31.8 Å². The molecule has 0 spiro atoms. The molecule has 160 valence electrons. The molecule has 7 heteroatoms. The first-order valence-electron chi connectivity index (χ1n) is 10.0. The van der Waals surface area contributed by atoms with Gasteiger partial charge in [0.1, 0.15) is 5.75 Å². The largest absolute Gasteiger partial charge is 0.493 e. The number of rotatable bonds is 7. The number of likely N-dealkylation sites (tertiary alicyclic amines) is 1. The standard InChI is InChI=1S/C23H28N2O4S/c1-16-8-18(11-24)10-19(9-16)23(26)14-25-12-17(2)20(13-25)15-29-21-4-6-22(7-5-21)30(3,27)28/h4-10,17,20,23,26H,12-15H2,1-3H3/t17-,20+,23?/m1/s1. The predicted molar refractivity (Wildman–Crippen MR) is 115 cm³/mol. The molecule has 30 heavy (non-hydrogen) atoms. The van der Waals surface area contributed by atoms with Crippen molar-refractivity contribution < 1.29 is 18.3 Å². The van der Waals surface area contributed by atoms with Crippen molar-refractivity contribution in [1.29, 1.82) is 5.26 Å². The molecule has 0 saturated carbocycles. The zero-order chi connectivity index (χ0) is 21.9. The Hall–Kier alpha value is -2.40. The van der Waals surface area contributed by atoms with E-state index in [2.05, 4.69) is 17.9 Å². The average molecular weight is 429 g/mol. The Morgan fingerprint density at radius 3 is 2.57 bits per heavy atom. The second-order valence-electron chi connectivity index (χ2n) is 8.27. The highest BCUT2D eigenvalue weighted by molar-refractivity contribution is 7.90. The van der Waals surface area contributed by atoms with Gasteiger partial charge in [0.05, 0.1) is 29.2 Å². The van der Waals surface area contributed by atoms with Gasteiger partial charge in [0.15, 0.2) is 9.84 Å². The summed E-state index contributed by atoms with van der Waals surface area (Å²) in [5, 5.41) is 19.8. The van der Waals surface area contributed by atoms with E-state index in [0.29, 0.717) is 36.3 Å². The Morgan fingerprint density at radius 2 is 1.93 bits per heavy atom. The maximum atomic E-state index is 11.6. The van der Waals surface area contributed by atoms with Crippen LogP contribution in [0.3, 0.4) is 0 Å². The second-order valence-corrected chi connectivity index (χ2v) is 10.3. The van der Waals surface area contributed by atoms with E-state index < -0.39 is 15.9 Å². The number of benzene rings is 2. The number of sulfone groups is 1. The summed E-state index contributed by atoms with van der Waals surface area (Å²) in [7, 11) is -3.21. The van der Waals surface area contributed by atoms with Crippen molar-refractivity contribution in [2.24, 2.45) is 11.8 Å². The fourth-order valence-electron chi connectivity index (χ4n) is 3.91. The van der Waals surface area contributed by atoms with Gasteiger partial charge >= 0.3 is 0 Å². The molecule has 0 bridgehead atoms. The lowest BCUT2D eigenvalue weighted by atomic mass is 9.99. The van der Waals surface area contributed by atoms with Crippen molar-refractivity contribution >= 4 is 9.84 Å². The van der Waals surface area contributed by atoms with Crippen LogP contribution in [-0.2, 0) is 9.84 Å². The number of aliphatic hydroxyl groups excluding tert-OH is 1. The Balaban J connectivity index is 1.55. The van der Waals surface area contributed by atoms with Gasteiger partial charge in [-0.05, 0) is 60.4 Å². The lowest BCUT2D eigenvalue weighted by molar-refractivity contribution is 0.121. The summed E-state index contributed by atoms with van der Waals surface area (Å²) in [5.41, 5.74) is 2.29. The second kappa shape index (κ2) is 9.17. The van der Waals surface area contributed by atoms with Crippen LogP contribution in [0.1, 0.15) is 29.7 Å². The Labute approximate surface area is 178 Å². The molecule has 1 saturated heterocycles. The third kappa shape index (κ3) is 5.60. The van der Waals surface area contributed by atoms with Gasteiger partial charge in [0.2, 0.25) is 0 Å². The molecule has 0 aliphatic carbocycles. The highest BCUT2D eigenvalue weighted by Gasteiger charge is 2.31. The maximum Gasteiger partial charge on any atom is 0.175 e. The van der Waals surface area contributed by atoms with Crippen LogP contribution in [0, 0.1) is 30.1 Å². The lowest BCUT2D eigenvalue weighted by Crippen LogP contribution is -2.27. The summed E-state index contributed by atoms with van der Waals surface area (Å²) in [6, 6.07) is 14.1. The minimum absolute atomic E-state index is 0.278. The topological polar surface area (TPSA) is 90.6 Å². The number of β-amino-alcohol motifs (C(OH)–C–C–N with tert-alkyl or cyclic N) is 1. The van der Waals surface area contributed by atoms with Crippen LogP contribution in [0.15, 0.2) is 47.4 Å². The molecule has 0 aromatic heterocycles. The highest BCUT2D eigenvalue weighted by Crippen LogP contribution is 2.27. The van der Waals surface area contributed by atoms with Crippen LogP contribution >= 0.6 is 0 Å². The van der Waals surface area contributed by atoms with Crippen LogP contribution in [-0.4, -0.2) is 50.9 Å². The average Bonchev–Trinajstić information content (AvgIpc) is 3.04. The molecule has 2 aromatic carbocycles. The Bertz CT molecular complexity index is 1030. The zero-order valence-electron chi connectivity index (χ0n) is 17.6. The summed E-state index contributed by atoms with van der Waals surface area (Å²) in [6.45, 7) is 6.83. The van der Waals surface area contributed by atoms with Crippen molar-refractivity contribution in [3.05, 3.63) is 59.2 Å². The van der Waals surface area contributed by atoms with Gasteiger partial charge in [-0.3, -0.25) is 4.90 Å². The van der Waals surface area contributed by atoms with E-state index in [0.717, 1.165) is 24.2 Å². The third-order valence-corrected chi connectivity index (χ3v) is 6.73. The normalized spacial score (nSPS) is 20.6. The number of ether oxygens (including phenoxy) is 1. The summed E-state index contributed by atoms with van der Waals surface area (Å²) in [6.07, 6.45) is 0.539. The molecule has 1 aliphatic heterocycles. The SMILES string of the molecule is Cc1cc(C#N)cc(C(O)CN2C[C@@H](COc3ccc(S(C)(=O)=O)cc3)[C@H](C)C2)c1. The molecular formula is C23H28N2O4S. The number of aryl methyl sites for hydroxylation is 1. The van der Waals surface area contributed by atoms with Gasteiger partial charge < -0.3 is 9.84 Å². The van der Waals surface area contributed by atoms with E-state index >= 15 is 0 Å². The monoisotopic (exact) mass is 428 g/mol. The maximum absolute atomic E-state index is 11.6. The number of aliphatic hydroxyl groups is 1. The van der Waals surface area contributed by atoms with Gasteiger partial charge in [-0.15, -0.1) is 0 Å². The van der Waals surface area contributed by atoms with E-state index in [4.69, 9.17) is 10.00 Å². The number of hydrogen-bond acceptors (Lipinski definition) is 6. The molecule has 2 aromatic rings. The fourth-order valence-corrected chi connectivity index (χ4v) is 4.54. The first-order chi connectivity index (χ1) is 14.2. The van der Waals surface area contributed by atoms with Crippen LogP contribution in [0.5, 0.6) is 5.75 Å². The number of nitrogens with zero attached hydrogens (tertiary/aromatic N) is 2. The molecule has 6 nitrogen and oxygen atoms in total. The first kappa shape index (κ1) is 22.3. The molecular weight excluding hydrogens is 400 g/mol. The van der Waals surface area contributed by atoms with Gasteiger partial charge in [-0.25, -0.2) is 8.42 Å². The van der Waals surface area contributed by atoms with Gasteiger partial charge in [0.25, 0.3) is 0 Å². The third-order valence-electron chi connectivity index (χ3n) is 5.60. The smallest absolute Gasteiger partial charge is 0.175 e. The van der Waals surface area contributed by atoms with E-state index in [1.807, 2.05) is 19.1 Å². The molecule has 1 fully saturated rings. The van der Waals surface area contributed by atoms with Crippen molar-refractivity contribution in [2.45, 2.75) is 24.8 Å². The van der Waals surface area contributed by atoms with Crippen LogP contribution < -0.4 is 4.74 Å². The fraction of sp³-hybridized carbons (Fsp3) is 0.435. The molecule has 1 unspecified atom stereocenters. The number of nitriles is 1. The van der Waals surface area contributed by atoms with E-state index in [9.17, 15) is 13.5 Å². The molecule has 1 aliphatic rings. The van der Waals surface area contributed by atoms with Crippen LogP contribution in [0.25, 0.3) is 0 Å². The van der Waals surface area contributed by atoms with Crippen molar-refractivity contribution in [3.8, 4) is 11.8 Å². The molecule has 1 N–H and O–H groups in total. The van der Waals surface area contributed by atoms with Crippen molar-refractivity contribution in [1.82, 2.24) is 4.90 Å².